The van der Waals surface area contributed by atoms with Gasteiger partial charge in [-0.3, -0.25) is 14.5 Å². The van der Waals surface area contributed by atoms with Crippen molar-refractivity contribution in [3.63, 3.8) is 0 Å². The summed E-state index contributed by atoms with van der Waals surface area (Å²) in [4.78, 5) is 30.8. The average molecular weight is 442 g/mol. The van der Waals surface area contributed by atoms with E-state index in [1.54, 1.807) is 0 Å². The van der Waals surface area contributed by atoms with E-state index in [1.165, 1.54) is 0 Å². The second kappa shape index (κ2) is 8.84. The van der Waals surface area contributed by atoms with E-state index in [-0.39, 0.29) is 17.9 Å². The summed E-state index contributed by atoms with van der Waals surface area (Å²) in [6.07, 6.45) is 4.51. The lowest BCUT2D eigenvalue weighted by molar-refractivity contribution is -0.135. The van der Waals surface area contributed by atoms with E-state index in [2.05, 4.69) is 10.2 Å². The highest BCUT2D eigenvalue weighted by atomic mass is 16.5. The van der Waals surface area contributed by atoms with Gasteiger partial charge in [0.15, 0.2) is 0 Å². The summed E-state index contributed by atoms with van der Waals surface area (Å²) in [5.41, 5.74) is 0.0220. The van der Waals surface area contributed by atoms with E-state index in [1.807, 2.05) is 48.2 Å². The topological polar surface area (TPSA) is 80.3 Å². The second-order valence-electron chi connectivity index (χ2n) is 8.91. The lowest BCUT2D eigenvalue weighted by Gasteiger charge is -2.27. The summed E-state index contributed by atoms with van der Waals surface area (Å²) >= 11 is 0. The van der Waals surface area contributed by atoms with Gasteiger partial charge in [0, 0.05) is 31.9 Å². The average Bonchev–Trinajstić information content (AvgIpc) is 3.44. The first kappa shape index (κ1) is 21.4. The molecule has 4 aliphatic rings. The van der Waals surface area contributed by atoms with Gasteiger partial charge in [0.25, 0.3) is 0 Å². The minimum Gasteiger partial charge on any atom is -0.494 e. The molecule has 1 N–H and O–H groups in total. The summed E-state index contributed by atoms with van der Waals surface area (Å²) < 4.78 is 17.1. The minimum atomic E-state index is -0.665. The number of carbonyl (C=O) groups excluding carboxylic acids is 2. The maximum Gasteiger partial charge on any atom is 0.231 e. The monoisotopic (exact) mass is 441 g/mol. The fraction of sp³-hybridized carbons (Fsp3) is 0.583. The van der Waals surface area contributed by atoms with Crippen LogP contribution in [0.4, 0.5) is 5.69 Å². The Morgan fingerprint density at radius 3 is 2.75 bits per heavy atom. The Balaban J connectivity index is 1.22. The van der Waals surface area contributed by atoms with Crippen molar-refractivity contribution < 1.29 is 23.8 Å². The van der Waals surface area contributed by atoms with Gasteiger partial charge in [-0.05, 0) is 37.6 Å². The van der Waals surface area contributed by atoms with E-state index in [9.17, 15) is 9.59 Å². The highest BCUT2D eigenvalue weighted by Crippen LogP contribution is 2.52. The van der Waals surface area contributed by atoms with Crippen LogP contribution >= 0.6 is 0 Å². The largest absolute Gasteiger partial charge is 0.494 e. The molecule has 4 aliphatic heterocycles. The molecule has 2 bridgehead atoms. The number of carbonyl (C=O) groups is 2. The third-order valence-corrected chi connectivity index (χ3v) is 6.92. The first-order valence-corrected chi connectivity index (χ1v) is 11.6. The summed E-state index contributed by atoms with van der Waals surface area (Å²) in [7, 11) is 0. The Kier molecular flexibility index (Phi) is 5.92. The number of morpholine rings is 1. The third-order valence-electron chi connectivity index (χ3n) is 6.92. The smallest absolute Gasteiger partial charge is 0.231 e. The molecule has 5 rings (SSSR count). The maximum absolute atomic E-state index is 13.3. The van der Waals surface area contributed by atoms with Crippen molar-refractivity contribution in [2.45, 2.75) is 25.0 Å². The van der Waals surface area contributed by atoms with E-state index in [4.69, 9.17) is 14.2 Å². The number of hydrogen-bond acceptors (Lipinski definition) is 6. The number of rotatable bonds is 8. The van der Waals surface area contributed by atoms with Crippen molar-refractivity contribution in [2.24, 2.45) is 11.8 Å². The molecule has 2 amide bonds. The number of benzene rings is 1. The molecule has 0 saturated carbocycles. The molecule has 3 fully saturated rings. The van der Waals surface area contributed by atoms with Crippen molar-refractivity contribution in [1.29, 1.82) is 0 Å². The van der Waals surface area contributed by atoms with Crippen LogP contribution in [0.3, 0.4) is 0 Å². The Morgan fingerprint density at radius 1 is 1.22 bits per heavy atom. The van der Waals surface area contributed by atoms with Crippen molar-refractivity contribution in [3.05, 3.63) is 36.4 Å². The lowest BCUT2D eigenvalue weighted by atomic mass is 9.77. The van der Waals surface area contributed by atoms with E-state index in [0.29, 0.717) is 25.4 Å². The summed E-state index contributed by atoms with van der Waals surface area (Å²) in [6.45, 7) is 8.13. The number of amides is 2. The molecular weight excluding hydrogens is 410 g/mol. The highest BCUT2D eigenvalue weighted by molar-refractivity contribution is 5.99. The molecule has 0 unspecified atom stereocenters. The van der Waals surface area contributed by atoms with Crippen LogP contribution in [0.1, 0.15) is 13.3 Å². The number of fused-ring (bicyclic) bond motifs is 1. The predicted molar refractivity (Wildman–Crippen MR) is 118 cm³/mol. The molecule has 4 heterocycles. The predicted octanol–water partition coefficient (Wildman–Crippen LogP) is 1.53. The van der Waals surface area contributed by atoms with Crippen LogP contribution in [-0.2, 0) is 19.1 Å². The standard InChI is InChI=1S/C24H31N3O5/c1-2-31-18-6-4-17(5-7-18)25-22(28)20-19-8-9-24(32-19)16-27(23(29)21(20)24)11-3-10-26-12-14-30-15-13-26/h4-9,19-21H,2-3,10-16H2,1H3,(H,25,28)/t19-,20-,21-,24-/m0/s1. The zero-order valence-corrected chi connectivity index (χ0v) is 18.5. The molecule has 0 aromatic heterocycles. The van der Waals surface area contributed by atoms with Crippen LogP contribution in [0.5, 0.6) is 5.75 Å². The molecule has 4 atom stereocenters. The van der Waals surface area contributed by atoms with Crippen LogP contribution in [0.2, 0.25) is 0 Å². The van der Waals surface area contributed by atoms with Crippen molar-refractivity contribution in [2.75, 3.05) is 57.9 Å². The van der Waals surface area contributed by atoms with Crippen LogP contribution in [0.25, 0.3) is 0 Å². The maximum atomic E-state index is 13.3. The molecule has 8 heteroatoms. The Hall–Kier alpha value is -2.42. The molecule has 32 heavy (non-hydrogen) atoms. The molecule has 1 aromatic carbocycles. The SMILES string of the molecule is CCOc1ccc(NC(=O)[C@H]2[C@@H]3C=C[C@@]4(CN(CCCN5CCOCC5)C(=O)[C@H]24)O3)cc1. The summed E-state index contributed by atoms with van der Waals surface area (Å²) in [5, 5.41) is 2.97. The Bertz CT molecular complexity index is 882. The van der Waals surface area contributed by atoms with Gasteiger partial charge in [0.1, 0.15) is 11.4 Å². The van der Waals surface area contributed by atoms with Crippen molar-refractivity contribution in [3.8, 4) is 5.75 Å². The van der Waals surface area contributed by atoms with Gasteiger partial charge in [-0.1, -0.05) is 12.2 Å². The van der Waals surface area contributed by atoms with E-state index >= 15 is 0 Å². The lowest BCUT2D eigenvalue weighted by Crippen LogP contribution is -2.41. The molecule has 1 spiro atoms. The van der Waals surface area contributed by atoms with E-state index in [0.717, 1.165) is 45.0 Å². The molecule has 0 aliphatic carbocycles. The normalized spacial score (nSPS) is 31.2. The van der Waals surface area contributed by atoms with Gasteiger partial charge in [-0.15, -0.1) is 0 Å². The number of hydrogen-bond donors (Lipinski definition) is 1. The van der Waals surface area contributed by atoms with Gasteiger partial charge in [-0.25, -0.2) is 0 Å². The molecule has 172 valence electrons. The number of likely N-dealkylation sites (tertiary alicyclic amines) is 1. The molecule has 3 saturated heterocycles. The third kappa shape index (κ3) is 3.91. The van der Waals surface area contributed by atoms with Crippen LogP contribution in [-0.4, -0.2) is 85.9 Å². The first-order valence-electron chi connectivity index (χ1n) is 11.6. The van der Waals surface area contributed by atoms with Crippen LogP contribution in [0.15, 0.2) is 36.4 Å². The Morgan fingerprint density at radius 2 is 2.00 bits per heavy atom. The zero-order chi connectivity index (χ0) is 22.1. The van der Waals surface area contributed by atoms with Gasteiger partial charge in [-0.2, -0.15) is 0 Å². The van der Waals surface area contributed by atoms with Crippen LogP contribution in [0, 0.1) is 11.8 Å². The van der Waals surface area contributed by atoms with Crippen LogP contribution < -0.4 is 10.1 Å². The van der Waals surface area contributed by atoms with Gasteiger partial charge >= 0.3 is 0 Å². The van der Waals surface area contributed by atoms with Crippen molar-refractivity contribution >= 4 is 17.5 Å². The Labute approximate surface area is 188 Å². The zero-order valence-electron chi connectivity index (χ0n) is 18.5. The molecule has 8 nitrogen and oxygen atoms in total. The quantitative estimate of drug-likeness (QED) is 0.617. The second-order valence-corrected chi connectivity index (χ2v) is 8.91. The van der Waals surface area contributed by atoms with Gasteiger partial charge in [0.2, 0.25) is 11.8 Å². The van der Waals surface area contributed by atoms with Gasteiger partial charge in [0.05, 0.1) is 44.3 Å². The molecule has 0 radical (unpaired) electrons. The van der Waals surface area contributed by atoms with Gasteiger partial charge < -0.3 is 24.4 Å². The molecule has 1 aromatic rings. The number of anilines is 1. The summed E-state index contributed by atoms with van der Waals surface area (Å²) in [6, 6.07) is 7.29. The number of nitrogens with one attached hydrogen (secondary N) is 1. The summed E-state index contributed by atoms with van der Waals surface area (Å²) in [5.74, 6) is -0.342. The number of ether oxygens (including phenoxy) is 3. The fourth-order valence-corrected chi connectivity index (χ4v) is 5.40. The molecular formula is C24H31N3O5. The van der Waals surface area contributed by atoms with E-state index < -0.39 is 17.4 Å². The van der Waals surface area contributed by atoms with Crippen molar-refractivity contribution in [1.82, 2.24) is 9.80 Å². The fourth-order valence-electron chi connectivity index (χ4n) is 5.40. The first-order chi connectivity index (χ1) is 15.6. The highest BCUT2D eigenvalue weighted by Gasteiger charge is 2.66. The number of nitrogens with zero attached hydrogens (tertiary/aromatic N) is 2. The minimum absolute atomic E-state index is 0.0330.